The molecular weight excluding hydrogens is 344 g/mol. The van der Waals surface area contributed by atoms with Crippen LogP contribution in [0.15, 0.2) is 28.9 Å². The Labute approximate surface area is 130 Å². The predicted octanol–water partition coefficient (Wildman–Crippen LogP) is 3.48. The van der Waals surface area contributed by atoms with Crippen molar-refractivity contribution in [3.05, 3.63) is 50.7 Å². The van der Waals surface area contributed by atoms with Crippen molar-refractivity contribution < 1.29 is 9.53 Å². The van der Waals surface area contributed by atoms with Gasteiger partial charge in [0, 0.05) is 17.1 Å². The monoisotopic (exact) mass is 356 g/mol. The van der Waals surface area contributed by atoms with Crippen molar-refractivity contribution in [1.82, 2.24) is 9.78 Å². The highest BCUT2D eigenvalue weighted by atomic mass is 79.9. The number of carbonyl (C=O) groups excluding carboxylic acids is 1. The van der Waals surface area contributed by atoms with Crippen LogP contribution in [0.3, 0.4) is 0 Å². The van der Waals surface area contributed by atoms with Gasteiger partial charge in [-0.3, -0.25) is 9.48 Å². The largest absolute Gasteiger partial charge is 0.383 e. The van der Waals surface area contributed by atoms with Gasteiger partial charge in [-0.2, -0.15) is 5.10 Å². The van der Waals surface area contributed by atoms with E-state index < -0.39 is 0 Å². The smallest absolute Gasteiger partial charge is 0.213 e. The van der Waals surface area contributed by atoms with Crippen LogP contribution < -0.4 is 0 Å². The van der Waals surface area contributed by atoms with E-state index in [0.29, 0.717) is 29.4 Å². The molecule has 4 nitrogen and oxygen atoms in total. The number of benzene rings is 1. The van der Waals surface area contributed by atoms with Gasteiger partial charge in [-0.05, 0) is 24.6 Å². The van der Waals surface area contributed by atoms with E-state index in [1.807, 2.05) is 19.1 Å². The molecule has 106 valence electrons. The van der Waals surface area contributed by atoms with Crippen LogP contribution in [0.1, 0.15) is 21.6 Å². The van der Waals surface area contributed by atoms with Crippen molar-refractivity contribution in [2.24, 2.45) is 0 Å². The van der Waals surface area contributed by atoms with Crippen LogP contribution in [0.2, 0.25) is 5.02 Å². The van der Waals surface area contributed by atoms with Crippen LogP contribution >= 0.6 is 27.5 Å². The number of carbonyl (C=O) groups is 1. The van der Waals surface area contributed by atoms with E-state index in [2.05, 4.69) is 21.0 Å². The van der Waals surface area contributed by atoms with Gasteiger partial charge < -0.3 is 4.74 Å². The Morgan fingerprint density at radius 1 is 1.50 bits per heavy atom. The lowest BCUT2D eigenvalue weighted by Crippen LogP contribution is -2.15. The number of rotatable bonds is 5. The van der Waals surface area contributed by atoms with Crippen molar-refractivity contribution in [1.29, 1.82) is 0 Å². The average molecular weight is 358 g/mol. The van der Waals surface area contributed by atoms with Gasteiger partial charge in [0.1, 0.15) is 5.69 Å². The second-order valence-electron chi connectivity index (χ2n) is 4.37. The molecule has 0 atom stereocenters. The maximum Gasteiger partial charge on any atom is 0.213 e. The number of hydrogen-bond donors (Lipinski definition) is 0. The van der Waals surface area contributed by atoms with Gasteiger partial charge in [0.2, 0.25) is 5.78 Å². The summed E-state index contributed by atoms with van der Waals surface area (Å²) in [6.07, 6.45) is 1.48. The molecule has 0 N–H and O–H groups in total. The maximum atomic E-state index is 12.6. The number of hydrogen-bond acceptors (Lipinski definition) is 3. The summed E-state index contributed by atoms with van der Waals surface area (Å²) in [4.78, 5) is 12.6. The van der Waals surface area contributed by atoms with Gasteiger partial charge in [0.15, 0.2) is 0 Å². The fourth-order valence-corrected chi connectivity index (χ4v) is 2.77. The SMILES string of the molecule is COCCn1ncc(Cl)c1C(=O)c1ccc(C)cc1Br. The molecule has 0 fully saturated rings. The summed E-state index contributed by atoms with van der Waals surface area (Å²) in [6.45, 7) is 2.91. The number of nitrogens with zero attached hydrogens (tertiary/aromatic N) is 2. The van der Waals surface area contributed by atoms with Crippen LogP contribution in [-0.4, -0.2) is 29.3 Å². The highest BCUT2D eigenvalue weighted by Gasteiger charge is 2.21. The molecule has 0 aliphatic rings. The lowest BCUT2D eigenvalue weighted by atomic mass is 10.1. The van der Waals surface area contributed by atoms with E-state index in [0.717, 1.165) is 10.0 Å². The van der Waals surface area contributed by atoms with Crippen molar-refractivity contribution in [3.63, 3.8) is 0 Å². The lowest BCUT2D eigenvalue weighted by molar-refractivity contribution is 0.102. The van der Waals surface area contributed by atoms with E-state index in [-0.39, 0.29) is 5.78 Å². The maximum absolute atomic E-state index is 12.6. The molecule has 2 rings (SSSR count). The minimum Gasteiger partial charge on any atom is -0.383 e. The third kappa shape index (κ3) is 3.11. The first-order valence-electron chi connectivity index (χ1n) is 6.05. The number of aryl methyl sites for hydroxylation is 1. The Morgan fingerprint density at radius 2 is 2.25 bits per heavy atom. The molecule has 20 heavy (non-hydrogen) atoms. The summed E-state index contributed by atoms with van der Waals surface area (Å²) in [5.74, 6) is -0.157. The molecule has 1 aromatic carbocycles. The molecule has 2 aromatic rings. The Kier molecular flexibility index (Phi) is 4.96. The first kappa shape index (κ1) is 15.2. The molecule has 0 spiro atoms. The van der Waals surface area contributed by atoms with Crippen LogP contribution in [0.5, 0.6) is 0 Å². The van der Waals surface area contributed by atoms with Crippen molar-refractivity contribution in [3.8, 4) is 0 Å². The molecular formula is C14H14BrClN2O2. The Hall–Kier alpha value is -1.17. The number of methoxy groups -OCH3 is 1. The molecule has 1 heterocycles. The highest BCUT2D eigenvalue weighted by molar-refractivity contribution is 9.10. The van der Waals surface area contributed by atoms with Gasteiger partial charge in [-0.25, -0.2) is 0 Å². The second-order valence-corrected chi connectivity index (χ2v) is 5.63. The molecule has 0 bridgehead atoms. The number of ether oxygens (including phenoxy) is 1. The average Bonchev–Trinajstić information content (AvgIpc) is 2.77. The Morgan fingerprint density at radius 3 is 2.90 bits per heavy atom. The van der Waals surface area contributed by atoms with E-state index in [1.165, 1.54) is 6.20 Å². The minimum absolute atomic E-state index is 0.157. The second kappa shape index (κ2) is 6.52. The van der Waals surface area contributed by atoms with Crippen molar-refractivity contribution >= 4 is 33.3 Å². The molecule has 0 radical (unpaired) electrons. The topological polar surface area (TPSA) is 44.1 Å². The summed E-state index contributed by atoms with van der Waals surface area (Å²) in [5.41, 5.74) is 2.03. The standard InChI is InChI=1S/C14H14BrClN2O2/c1-9-3-4-10(11(15)7-9)14(19)13-12(16)8-17-18(13)5-6-20-2/h3-4,7-8H,5-6H2,1-2H3. The van der Waals surface area contributed by atoms with Crippen molar-refractivity contribution in [2.45, 2.75) is 13.5 Å². The molecule has 0 saturated carbocycles. The van der Waals surface area contributed by atoms with E-state index >= 15 is 0 Å². The lowest BCUT2D eigenvalue weighted by Gasteiger charge is -2.08. The quantitative estimate of drug-likeness (QED) is 0.770. The van der Waals surface area contributed by atoms with E-state index in [9.17, 15) is 4.79 Å². The van der Waals surface area contributed by atoms with Gasteiger partial charge in [-0.1, -0.05) is 33.6 Å². The van der Waals surface area contributed by atoms with Crippen LogP contribution in [0.4, 0.5) is 0 Å². The highest BCUT2D eigenvalue weighted by Crippen LogP contribution is 2.25. The van der Waals surface area contributed by atoms with E-state index in [4.69, 9.17) is 16.3 Å². The zero-order valence-corrected chi connectivity index (χ0v) is 13.5. The molecule has 0 saturated heterocycles. The minimum atomic E-state index is -0.157. The van der Waals surface area contributed by atoms with Gasteiger partial charge >= 0.3 is 0 Å². The van der Waals surface area contributed by atoms with Gasteiger partial charge in [-0.15, -0.1) is 0 Å². The molecule has 0 aliphatic heterocycles. The summed E-state index contributed by atoms with van der Waals surface area (Å²) in [6, 6.07) is 5.57. The van der Waals surface area contributed by atoms with Crippen molar-refractivity contribution in [2.75, 3.05) is 13.7 Å². The Bertz CT molecular complexity index is 640. The molecule has 6 heteroatoms. The van der Waals surface area contributed by atoms with Crippen LogP contribution in [0, 0.1) is 6.92 Å². The predicted molar refractivity (Wildman–Crippen MR) is 81.4 cm³/mol. The summed E-state index contributed by atoms with van der Waals surface area (Å²) < 4.78 is 7.33. The fraction of sp³-hybridized carbons (Fsp3) is 0.286. The number of halogens is 2. The number of aromatic nitrogens is 2. The van der Waals surface area contributed by atoms with Gasteiger partial charge in [0.05, 0.1) is 24.4 Å². The molecule has 0 unspecified atom stereocenters. The summed E-state index contributed by atoms with van der Waals surface area (Å²) >= 11 is 9.51. The van der Waals surface area contributed by atoms with Gasteiger partial charge in [0.25, 0.3) is 0 Å². The summed E-state index contributed by atoms with van der Waals surface area (Å²) in [5, 5.41) is 4.46. The number of ketones is 1. The summed E-state index contributed by atoms with van der Waals surface area (Å²) in [7, 11) is 1.60. The van der Waals surface area contributed by atoms with E-state index in [1.54, 1.807) is 17.9 Å². The molecule has 1 aromatic heterocycles. The third-order valence-electron chi connectivity index (χ3n) is 2.89. The normalized spacial score (nSPS) is 10.8. The zero-order chi connectivity index (χ0) is 14.7. The fourth-order valence-electron chi connectivity index (χ4n) is 1.87. The first-order chi connectivity index (χ1) is 9.54. The first-order valence-corrected chi connectivity index (χ1v) is 7.22. The molecule has 0 amide bonds. The van der Waals surface area contributed by atoms with Crippen LogP contribution in [0.25, 0.3) is 0 Å². The van der Waals surface area contributed by atoms with Crippen LogP contribution in [-0.2, 0) is 11.3 Å². The molecule has 0 aliphatic carbocycles. The third-order valence-corrected chi connectivity index (χ3v) is 3.82. The zero-order valence-electron chi connectivity index (χ0n) is 11.2. The Balaban J connectivity index is 2.40.